The molecule has 1 saturated carbocycles. The van der Waals surface area contributed by atoms with Crippen molar-refractivity contribution in [1.29, 1.82) is 0 Å². The van der Waals surface area contributed by atoms with Crippen LogP contribution < -0.4 is 11.1 Å². The van der Waals surface area contributed by atoms with Crippen LogP contribution in [0, 0.1) is 5.92 Å². The summed E-state index contributed by atoms with van der Waals surface area (Å²) >= 11 is 6.06. The Morgan fingerprint density at radius 3 is 2.54 bits per heavy atom. The number of urea groups is 1. The molecule has 1 aliphatic heterocycles. The second kappa shape index (κ2) is 7.43. The number of rotatable bonds is 2. The normalized spacial score (nSPS) is 24.0. The van der Waals surface area contributed by atoms with Crippen molar-refractivity contribution >= 4 is 29.2 Å². The molecule has 0 spiro atoms. The molecule has 3 amide bonds. The summed E-state index contributed by atoms with van der Waals surface area (Å²) in [5, 5.41) is 3.19. The molecule has 6 heteroatoms. The Kier molecular flexibility index (Phi) is 5.29. The quantitative estimate of drug-likeness (QED) is 0.846. The van der Waals surface area contributed by atoms with Crippen molar-refractivity contribution in [2.24, 2.45) is 11.7 Å². The topological polar surface area (TPSA) is 75.4 Å². The molecule has 3 rings (SSSR count). The van der Waals surface area contributed by atoms with Crippen molar-refractivity contribution in [1.82, 2.24) is 4.90 Å². The Hall–Kier alpha value is -1.75. The van der Waals surface area contributed by atoms with Crippen molar-refractivity contribution < 1.29 is 9.59 Å². The fourth-order valence-corrected chi connectivity index (χ4v) is 4.30. The minimum absolute atomic E-state index is 0.0725. The van der Waals surface area contributed by atoms with E-state index in [0.29, 0.717) is 17.6 Å². The summed E-state index contributed by atoms with van der Waals surface area (Å²) in [5.74, 6) is 0.0586. The Morgan fingerprint density at radius 1 is 1.12 bits per heavy atom. The van der Waals surface area contributed by atoms with Gasteiger partial charge in [0.15, 0.2) is 0 Å². The molecule has 1 aromatic rings. The number of hydrogen-bond acceptors (Lipinski definition) is 2. The lowest BCUT2D eigenvalue weighted by Crippen LogP contribution is -2.47. The van der Waals surface area contributed by atoms with Gasteiger partial charge in [0.05, 0.1) is 10.6 Å². The van der Waals surface area contributed by atoms with Gasteiger partial charge in [-0.15, -0.1) is 0 Å². The van der Waals surface area contributed by atoms with Crippen LogP contribution in [0.15, 0.2) is 18.2 Å². The van der Waals surface area contributed by atoms with Gasteiger partial charge in [-0.05, 0) is 49.8 Å². The van der Waals surface area contributed by atoms with Crippen molar-refractivity contribution in [2.45, 2.75) is 51.0 Å². The molecule has 2 aliphatic rings. The average molecular weight is 350 g/mol. The monoisotopic (exact) mass is 349 g/mol. The van der Waals surface area contributed by atoms with Crippen LogP contribution in [0.1, 0.15) is 55.3 Å². The lowest BCUT2D eigenvalue weighted by atomic mass is 9.82. The highest BCUT2D eigenvalue weighted by atomic mass is 35.5. The van der Waals surface area contributed by atoms with E-state index >= 15 is 0 Å². The molecule has 130 valence electrons. The van der Waals surface area contributed by atoms with Gasteiger partial charge in [-0.2, -0.15) is 0 Å². The van der Waals surface area contributed by atoms with Gasteiger partial charge in [-0.3, -0.25) is 4.79 Å². The number of benzene rings is 1. The third kappa shape index (κ3) is 3.66. The summed E-state index contributed by atoms with van der Waals surface area (Å²) in [6, 6.07) is 5.07. The summed E-state index contributed by atoms with van der Waals surface area (Å²) < 4.78 is 0. The predicted molar refractivity (Wildman–Crippen MR) is 95.3 cm³/mol. The van der Waals surface area contributed by atoms with E-state index in [4.69, 9.17) is 17.3 Å². The molecule has 1 aliphatic carbocycles. The van der Waals surface area contributed by atoms with Crippen molar-refractivity contribution in [3.05, 3.63) is 28.8 Å². The number of nitrogens with two attached hydrogens (primary N) is 1. The molecular formula is C18H24ClN3O2. The molecule has 5 nitrogen and oxygen atoms in total. The molecular weight excluding hydrogens is 326 g/mol. The highest BCUT2D eigenvalue weighted by molar-refractivity contribution is 6.34. The fourth-order valence-electron chi connectivity index (χ4n) is 4.03. The van der Waals surface area contributed by atoms with Crippen LogP contribution in [0.5, 0.6) is 0 Å². The Morgan fingerprint density at radius 2 is 1.83 bits per heavy atom. The summed E-state index contributed by atoms with van der Waals surface area (Å²) in [6.45, 7) is 0.806. The van der Waals surface area contributed by atoms with Gasteiger partial charge in [0.2, 0.25) is 5.91 Å². The van der Waals surface area contributed by atoms with Crippen molar-refractivity contribution in [2.75, 3.05) is 11.9 Å². The molecule has 0 aromatic heterocycles. The number of primary amides is 1. The molecule has 2 fully saturated rings. The van der Waals surface area contributed by atoms with Crippen LogP contribution in [0.4, 0.5) is 10.5 Å². The lowest BCUT2D eigenvalue weighted by molar-refractivity contribution is 0.100. The van der Waals surface area contributed by atoms with E-state index < -0.39 is 5.91 Å². The molecule has 24 heavy (non-hydrogen) atoms. The van der Waals surface area contributed by atoms with E-state index in [1.807, 2.05) is 4.90 Å². The molecule has 1 heterocycles. The van der Waals surface area contributed by atoms with Gasteiger partial charge >= 0.3 is 6.03 Å². The third-order valence-electron chi connectivity index (χ3n) is 5.24. The standard InChI is InChI=1S/C18H24ClN3O2/c19-15-11-13(8-9-14(15)17(20)23)21-18(24)22-10-4-3-6-12-5-1-2-7-16(12)22/h8-9,11-12,16H,1-7,10H2,(H2,20,23)(H,21,24)/t12-,16-/m0/s1. The number of hydrogen-bond donors (Lipinski definition) is 2. The average Bonchev–Trinajstić information content (AvgIpc) is 2.77. The zero-order valence-electron chi connectivity index (χ0n) is 13.8. The first-order chi connectivity index (χ1) is 11.6. The maximum Gasteiger partial charge on any atom is 0.322 e. The molecule has 1 saturated heterocycles. The van der Waals surface area contributed by atoms with E-state index in [0.717, 1.165) is 19.4 Å². The molecule has 2 atom stereocenters. The fraction of sp³-hybridized carbons (Fsp3) is 0.556. The number of nitrogens with zero attached hydrogens (tertiary/aromatic N) is 1. The van der Waals surface area contributed by atoms with Gasteiger partial charge in [-0.25, -0.2) is 4.79 Å². The number of nitrogens with one attached hydrogen (secondary N) is 1. The van der Waals surface area contributed by atoms with Crippen molar-refractivity contribution in [3.63, 3.8) is 0 Å². The molecule has 0 bridgehead atoms. The van der Waals surface area contributed by atoms with Crippen LogP contribution in [0.25, 0.3) is 0 Å². The zero-order chi connectivity index (χ0) is 17.1. The maximum atomic E-state index is 12.8. The van der Waals surface area contributed by atoms with Gasteiger partial charge in [0.25, 0.3) is 0 Å². The predicted octanol–water partition coefficient (Wildman–Crippen LogP) is 4.02. The molecule has 3 N–H and O–H groups in total. The van der Waals surface area contributed by atoms with Crippen LogP contribution in [-0.2, 0) is 0 Å². The van der Waals surface area contributed by atoms with E-state index in [2.05, 4.69) is 5.32 Å². The van der Waals surface area contributed by atoms with Gasteiger partial charge in [0, 0.05) is 18.3 Å². The summed E-state index contributed by atoms with van der Waals surface area (Å²) in [4.78, 5) is 26.0. The third-order valence-corrected chi connectivity index (χ3v) is 5.55. The number of anilines is 1. The second-order valence-corrected chi connectivity index (χ2v) is 7.20. The smallest absolute Gasteiger partial charge is 0.322 e. The molecule has 0 unspecified atom stereocenters. The van der Waals surface area contributed by atoms with E-state index in [1.165, 1.54) is 32.1 Å². The van der Waals surface area contributed by atoms with E-state index in [1.54, 1.807) is 18.2 Å². The number of carbonyl (C=O) groups excluding carboxylic acids is 2. The van der Waals surface area contributed by atoms with Gasteiger partial charge in [-0.1, -0.05) is 30.9 Å². The van der Waals surface area contributed by atoms with E-state index in [9.17, 15) is 9.59 Å². The first kappa shape index (κ1) is 17.1. The zero-order valence-corrected chi connectivity index (χ0v) is 14.5. The number of carbonyl (C=O) groups is 2. The highest BCUT2D eigenvalue weighted by Gasteiger charge is 2.34. The maximum absolute atomic E-state index is 12.8. The highest BCUT2D eigenvalue weighted by Crippen LogP contribution is 2.35. The van der Waals surface area contributed by atoms with Crippen LogP contribution in [-0.4, -0.2) is 29.4 Å². The van der Waals surface area contributed by atoms with Crippen LogP contribution >= 0.6 is 11.6 Å². The first-order valence-corrected chi connectivity index (χ1v) is 9.11. The molecule has 1 aromatic carbocycles. The van der Waals surface area contributed by atoms with Gasteiger partial charge in [0.1, 0.15) is 0 Å². The summed E-state index contributed by atoms with van der Waals surface area (Å²) in [5.41, 5.74) is 6.10. The Balaban J connectivity index is 1.73. The minimum Gasteiger partial charge on any atom is -0.366 e. The van der Waals surface area contributed by atoms with Gasteiger partial charge < -0.3 is 16.0 Å². The van der Waals surface area contributed by atoms with E-state index in [-0.39, 0.29) is 16.6 Å². The van der Waals surface area contributed by atoms with Crippen LogP contribution in [0.2, 0.25) is 5.02 Å². The number of halogens is 1. The lowest BCUT2D eigenvalue weighted by Gasteiger charge is -2.38. The summed E-state index contributed by atoms with van der Waals surface area (Å²) in [7, 11) is 0. The Bertz CT molecular complexity index is 635. The van der Waals surface area contributed by atoms with Crippen LogP contribution in [0.3, 0.4) is 0 Å². The number of amides is 3. The van der Waals surface area contributed by atoms with Crippen molar-refractivity contribution in [3.8, 4) is 0 Å². The SMILES string of the molecule is NC(=O)c1ccc(NC(=O)N2CCCC[C@@H]3CCCC[C@@H]32)cc1Cl. The number of likely N-dealkylation sites (tertiary alicyclic amines) is 1. The second-order valence-electron chi connectivity index (χ2n) is 6.79. The number of fused-ring (bicyclic) bond motifs is 1. The first-order valence-electron chi connectivity index (χ1n) is 8.73. The largest absolute Gasteiger partial charge is 0.366 e. The summed E-state index contributed by atoms with van der Waals surface area (Å²) in [6.07, 6.45) is 8.29. The Labute approximate surface area is 147 Å². The molecule has 0 radical (unpaired) electrons. The minimum atomic E-state index is -0.574.